The Labute approximate surface area is 175 Å². The maximum Gasteiger partial charge on any atom is 0.246 e. The van der Waals surface area contributed by atoms with Gasteiger partial charge in [-0.3, -0.25) is 4.98 Å². The number of rotatable bonds is 6. The molecule has 160 valence electrons. The highest BCUT2D eigenvalue weighted by Gasteiger charge is 2.37. The van der Waals surface area contributed by atoms with Crippen LogP contribution in [-0.2, 0) is 16.6 Å². The molecule has 0 bridgehead atoms. The molecule has 1 aromatic carbocycles. The highest BCUT2D eigenvalue weighted by Crippen LogP contribution is 2.35. The number of aromatic nitrogens is 3. The Morgan fingerprint density at radius 3 is 2.83 bits per heavy atom. The van der Waals surface area contributed by atoms with E-state index < -0.39 is 15.8 Å². The topological polar surface area (TPSA) is 77.3 Å². The Hall–Kier alpha value is -2.52. The molecule has 1 saturated heterocycles. The van der Waals surface area contributed by atoms with Crippen molar-refractivity contribution in [2.24, 2.45) is 5.92 Å². The molecule has 0 N–H and O–H groups in total. The van der Waals surface area contributed by atoms with Gasteiger partial charge in [-0.05, 0) is 36.6 Å². The van der Waals surface area contributed by atoms with Crippen molar-refractivity contribution in [1.82, 2.24) is 18.8 Å². The number of imidazole rings is 1. The van der Waals surface area contributed by atoms with Gasteiger partial charge in [-0.25, -0.2) is 17.8 Å². The fourth-order valence-corrected chi connectivity index (χ4v) is 5.67. The summed E-state index contributed by atoms with van der Waals surface area (Å²) in [5.74, 6) is 0.745. The molecule has 9 heteroatoms. The summed E-state index contributed by atoms with van der Waals surface area (Å²) in [4.78, 5) is 8.88. The van der Waals surface area contributed by atoms with Crippen LogP contribution in [0.4, 0.5) is 4.39 Å². The number of fused-ring (bicyclic) bond motifs is 1. The SMILES string of the molecule is COc1ccc(F)cc1S(=O)(=O)N1CC[C@@H](c2nc3ccncc3n2CC(C)C)C1. The van der Waals surface area contributed by atoms with Crippen molar-refractivity contribution >= 4 is 21.1 Å². The zero-order chi connectivity index (χ0) is 21.5. The number of hydrogen-bond donors (Lipinski definition) is 0. The van der Waals surface area contributed by atoms with Gasteiger partial charge in [0.15, 0.2) is 0 Å². The highest BCUT2D eigenvalue weighted by molar-refractivity contribution is 7.89. The summed E-state index contributed by atoms with van der Waals surface area (Å²) in [7, 11) is -2.52. The molecule has 3 heterocycles. The average molecular weight is 433 g/mol. The lowest BCUT2D eigenvalue weighted by Crippen LogP contribution is -2.29. The predicted octanol–water partition coefficient (Wildman–Crippen LogP) is 3.41. The molecule has 0 radical (unpaired) electrons. The van der Waals surface area contributed by atoms with Gasteiger partial charge < -0.3 is 9.30 Å². The van der Waals surface area contributed by atoms with Gasteiger partial charge in [0.2, 0.25) is 10.0 Å². The van der Waals surface area contributed by atoms with Crippen molar-refractivity contribution in [3.05, 3.63) is 48.3 Å². The van der Waals surface area contributed by atoms with Crippen LogP contribution in [0, 0.1) is 11.7 Å². The van der Waals surface area contributed by atoms with Crippen molar-refractivity contribution in [3.8, 4) is 5.75 Å². The molecule has 0 unspecified atom stereocenters. The third-order valence-corrected chi connectivity index (χ3v) is 7.27. The first kappa shape index (κ1) is 20.7. The first-order valence-electron chi connectivity index (χ1n) is 9.95. The van der Waals surface area contributed by atoms with Crippen molar-refractivity contribution in [3.63, 3.8) is 0 Å². The van der Waals surface area contributed by atoms with Gasteiger partial charge in [0, 0.05) is 31.7 Å². The molecule has 1 fully saturated rings. The minimum Gasteiger partial charge on any atom is -0.495 e. The second-order valence-corrected chi connectivity index (χ2v) is 9.89. The van der Waals surface area contributed by atoms with E-state index in [1.54, 1.807) is 12.4 Å². The van der Waals surface area contributed by atoms with Crippen LogP contribution in [0.25, 0.3) is 11.0 Å². The normalized spacial score (nSPS) is 17.8. The second kappa shape index (κ2) is 7.96. The van der Waals surface area contributed by atoms with Crippen LogP contribution in [-0.4, -0.2) is 47.5 Å². The Morgan fingerprint density at radius 2 is 2.10 bits per heavy atom. The third kappa shape index (κ3) is 3.67. The van der Waals surface area contributed by atoms with Crippen LogP contribution in [0.5, 0.6) is 5.75 Å². The molecule has 4 rings (SSSR count). The molecule has 1 aliphatic heterocycles. The molecule has 0 aliphatic carbocycles. The van der Waals surface area contributed by atoms with Gasteiger partial charge in [0.1, 0.15) is 22.3 Å². The Kier molecular flexibility index (Phi) is 5.50. The fraction of sp³-hybridized carbons (Fsp3) is 0.429. The summed E-state index contributed by atoms with van der Waals surface area (Å²) in [5, 5.41) is 0. The lowest BCUT2D eigenvalue weighted by Gasteiger charge is -2.19. The zero-order valence-electron chi connectivity index (χ0n) is 17.2. The largest absolute Gasteiger partial charge is 0.495 e. The number of nitrogens with zero attached hydrogens (tertiary/aromatic N) is 4. The maximum absolute atomic E-state index is 13.8. The standard InChI is InChI=1S/C21H25FN4O3S/c1-14(2)12-26-18-11-23-8-6-17(18)24-21(26)15-7-9-25(13-15)30(27,28)20-10-16(22)4-5-19(20)29-3/h4-6,8,10-11,14-15H,7,9,12-13H2,1-3H3/t15-/m1/s1. The van der Waals surface area contributed by atoms with Gasteiger partial charge in [-0.15, -0.1) is 0 Å². The quantitative estimate of drug-likeness (QED) is 0.597. The van der Waals surface area contributed by atoms with E-state index in [0.717, 1.165) is 29.5 Å². The zero-order valence-corrected chi connectivity index (χ0v) is 18.1. The van der Waals surface area contributed by atoms with Crippen LogP contribution in [0.15, 0.2) is 41.6 Å². The number of hydrogen-bond acceptors (Lipinski definition) is 5. The monoisotopic (exact) mass is 432 g/mol. The van der Waals surface area contributed by atoms with E-state index in [9.17, 15) is 12.8 Å². The molecule has 7 nitrogen and oxygen atoms in total. The van der Waals surface area contributed by atoms with Crippen LogP contribution >= 0.6 is 0 Å². The third-order valence-electron chi connectivity index (χ3n) is 5.39. The minimum absolute atomic E-state index is 0.0505. The number of halogens is 1. The summed E-state index contributed by atoms with van der Waals surface area (Å²) >= 11 is 0. The van der Waals surface area contributed by atoms with Crippen molar-refractivity contribution in [1.29, 1.82) is 0 Å². The number of ether oxygens (including phenoxy) is 1. The van der Waals surface area contributed by atoms with Crippen LogP contribution < -0.4 is 4.74 Å². The van der Waals surface area contributed by atoms with E-state index in [4.69, 9.17) is 9.72 Å². The number of pyridine rings is 1. The van der Waals surface area contributed by atoms with E-state index >= 15 is 0 Å². The molecule has 1 atom stereocenters. The first-order valence-corrected chi connectivity index (χ1v) is 11.4. The maximum atomic E-state index is 13.8. The molecule has 2 aromatic heterocycles. The van der Waals surface area contributed by atoms with Crippen LogP contribution in [0.3, 0.4) is 0 Å². The number of benzene rings is 1. The number of methoxy groups -OCH3 is 1. The Morgan fingerprint density at radius 1 is 1.30 bits per heavy atom. The van der Waals surface area contributed by atoms with E-state index in [0.29, 0.717) is 18.9 Å². The first-order chi connectivity index (χ1) is 14.3. The summed E-state index contributed by atoms with van der Waals surface area (Å²) in [6.45, 7) is 5.67. The lowest BCUT2D eigenvalue weighted by molar-refractivity contribution is 0.396. The van der Waals surface area contributed by atoms with Gasteiger partial charge in [0.05, 0.1) is 24.3 Å². The number of sulfonamides is 1. The minimum atomic E-state index is -3.89. The van der Waals surface area contributed by atoms with E-state index in [2.05, 4.69) is 23.4 Å². The summed E-state index contributed by atoms with van der Waals surface area (Å²) in [6, 6.07) is 5.41. The average Bonchev–Trinajstić information content (AvgIpc) is 3.33. The van der Waals surface area contributed by atoms with Crippen molar-refractivity contribution < 1.29 is 17.5 Å². The van der Waals surface area contributed by atoms with Crippen LogP contribution in [0.2, 0.25) is 0 Å². The van der Waals surface area contributed by atoms with Crippen molar-refractivity contribution in [2.75, 3.05) is 20.2 Å². The molecule has 0 saturated carbocycles. The van der Waals surface area contributed by atoms with E-state index in [1.807, 2.05) is 6.07 Å². The summed E-state index contributed by atoms with van der Waals surface area (Å²) < 4.78 is 48.9. The van der Waals surface area contributed by atoms with Gasteiger partial charge in [0.25, 0.3) is 0 Å². The van der Waals surface area contributed by atoms with Gasteiger partial charge >= 0.3 is 0 Å². The molecule has 3 aromatic rings. The second-order valence-electron chi connectivity index (χ2n) is 7.98. The Bertz CT molecular complexity index is 1180. The molecule has 0 amide bonds. The molecule has 0 spiro atoms. The molecular formula is C21H25FN4O3S. The fourth-order valence-electron chi connectivity index (χ4n) is 4.01. The predicted molar refractivity (Wildman–Crippen MR) is 111 cm³/mol. The summed E-state index contributed by atoms with van der Waals surface area (Å²) in [6.07, 6.45) is 4.15. The highest BCUT2D eigenvalue weighted by atomic mass is 32.2. The van der Waals surface area contributed by atoms with Gasteiger partial charge in [-0.2, -0.15) is 4.31 Å². The van der Waals surface area contributed by atoms with E-state index in [-0.39, 0.29) is 23.1 Å². The Balaban J connectivity index is 1.68. The summed E-state index contributed by atoms with van der Waals surface area (Å²) in [5.41, 5.74) is 1.81. The lowest BCUT2D eigenvalue weighted by atomic mass is 10.1. The molecule has 1 aliphatic rings. The smallest absolute Gasteiger partial charge is 0.246 e. The van der Waals surface area contributed by atoms with E-state index in [1.165, 1.54) is 23.5 Å². The van der Waals surface area contributed by atoms with Crippen LogP contribution in [0.1, 0.15) is 32.0 Å². The van der Waals surface area contributed by atoms with Crippen molar-refractivity contribution in [2.45, 2.75) is 37.6 Å². The molecular weight excluding hydrogens is 407 g/mol. The van der Waals surface area contributed by atoms with Gasteiger partial charge in [-0.1, -0.05) is 13.8 Å². The molecule has 30 heavy (non-hydrogen) atoms.